The minimum Gasteiger partial charge on any atom is -0.367 e. The van der Waals surface area contributed by atoms with E-state index in [1.807, 2.05) is 48.5 Å². The van der Waals surface area contributed by atoms with Gasteiger partial charge in [-0.3, -0.25) is 9.69 Å². The number of benzene rings is 3. The molecule has 0 aliphatic rings. The Kier molecular flexibility index (Phi) is 8.13. The summed E-state index contributed by atoms with van der Waals surface area (Å²) in [5, 5.41) is 5.54. The fraction of sp³-hybridized carbons (Fsp3) is 0.167. The Hall–Kier alpha value is -3.71. The summed E-state index contributed by atoms with van der Waals surface area (Å²) in [4.78, 5) is 26.3. The maximum Gasteiger partial charge on any atom is 0.326 e. The molecule has 2 N–H and O–H groups in total. The van der Waals surface area contributed by atoms with Crippen molar-refractivity contribution < 1.29 is 18.7 Å². The first-order chi connectivity index (χ1) is 15.1. The molecule has 0 unspecified atom stereocenters. The van der Waals surface area contributed by atoms with Gasteiger partial charge in [-0.2, -0.15) is 0 Å². The SMILES string of the molecule is O=C(COCc1ccccc1)NCCN(C(=O)Nc1ccccc1)c1ccc(F)cc1. The molecule has 31 heavy (non-hydrogen) atoms. The standard InChI is InChI=1S/C24H24FN3O3/c25-20-11-13-22(14-12-20)28(24(30)27-21-9-5-2-6-10-21)16-15-26-23(29)18-31-17-19-7-3-1-4-8-19/h1-14H,15-18H2,(H,26,29)(H,27,30). The third-order valence-electron chi connectivity index (χ3n) is 4.41. The normalized spacial score (nSPS) is 10.4. The number of hydrogen-bond acceptors (Lipinski definition) is 3. The van der Waals surface area contributed by atoms with E-state index in [2.05, 4.69) is 10.6 Å². The molecule has 0 radical (unpaired) electrons. The van der Waals surface area contributed by atoms with Crippen LogP contribution >= 0.6 is 0 Å². The highest BCUT2D eigenvalue weighted by Crippen LogP contribution is 2.16. The molecule has 3 aromatic carbocycles. The molecule has 0 fully saturated rings. The van der Waals surface area contributed by atoms with Gasteiger partial charge in [-0.05, 0) is 42.0 Å². The van der Waals surface area contributed by atoms with Crippen LogP contribution in [0.15, 0.2) is 84.9 Å². The molecule has 0 aromatic heterocycles. The van der Waals surface area contributed by atoms with Crippen molar-refractivity contribution >= 4 is 23.3 Å². The number of amides is 3. The molecule has 0 saturated heterocycles. The van der Waals surface area contributed by atoms with Crippen LogP contribution in [0.2, 0.25) is 0 Å². The number of para-hydroxylation sites is 1. The minimum absolute atomic E-state index is 0.0817. The van der Waals surface area contributed by atoms with Gasteiger partial charge in [0, 0.05) is 24.5 Å². The Bertz CT molecular complexity index is 966. The van der Waals surface area contributed by atoms with Gasteiger partial charge < -0.3 is 15.4 Å². The van der Waals surface area contributed by atoms with Crippen LogP contribution < -0.4 is 15.5 Å². The summed E-state index contributed by atoms with van der Waals surface area (Å²) in [6, 6.07) is 23.8. The van der Waals surface area contributed by atoms with Gasteiger partial charge in [-0.1, -0.05) is 48.5 Å². The average molecular weight is 421 g/mol. The first-order valence-electron chi connectivity index (χ1n) is 9.89. The van der Waals surface area contributed by atoms with E-state index in [-0.39, 0.29) is 31.6 Å². The molecule has 0 saturated carbocycles. The molecular formula is C24H24FN3O3. The fourth-order valence-corrected chi connectivity index (χ4v) is 2.88. The van der Waals surface area contributed by atoms with Crippen LogP contribution in [-0.2, 0) is 16.1 Å². The van der Waals surface area contributed by atoms with Crippen molar-refractivity contribution in [2.75, 3.05) is 29.9 Å². The molecular weight excluding hydrogens is 397 g/mol. The second-order valence-corrected chi connectivity index (χ2v) is 6.75. The summed E-state index contributed by atoms with van der Waals surface area (Å²) in [6.07, 6.45) is 0. The first-order valence-corrected chi connectivity index (χ1v) is 9.89. The predicted octanol–water partition coefficient (Wildman–Crippen LogP) is 4.20. The van der Waals surface area contributed by atoms with Crippen LogP contribution in [0, 0.1) is 5.82 Å². The highest BCUT2D eigenvalue weighted by molar-refractivity contribution is 6.01. The predicted molar refractivity (Wildman–Crippen MR) is 118 cm³/mol. The zero-order valence-corrected chi connectivity index (χ0v) is 17.0. The Balaban J connectivity index is 1.52. The lowest BCUT2D eigenvalue weighted by Crippen LogP contribution is -2.41. The van der Waals surface area contributed by atoms with Gasteiger partial charge in [0.05, 0.1) is 6.61 Å². The number of carbonyl (C=O) groups is 2. The average Bonchev–Trinajstić information content (AvgIpc) is 2.79. The molecule has 0 heterocycles. The summed E-state index contributed by atoms with van der Waals surface area (Å²) in [6.45, 7) is 0.680. The second kappa shape index (κ2) is 11.5. The van der Waals surface area contributed by atoms with Crippen LogP contribution in [0.5, 0.6) is 0 Å². The number of nitrogens with one attached hydrogen (secondary N) is 2. The fourth-order valence-electron chi connectivity index (χ4n) is 2.88. The maximum atomic E-state index is 13.3. The van der Waals surface area contributed by atoms with Crippen molar-refractivity contribution in [2.45, 2.75) is 6.61 Å². The Morgan fingerprint density at radius 1 is 0.871 bits per heavy atom. The number of urea groups is 1. The largest absolute Gasteiger partial charge is 0.367 e. The lowest BCUT2D eigenvalue weighted by atomic mass is 10.2. The van der Waals surface area contributed by atoms with Crippen molar-refractivity contribution in [2.24, 2.45) is 0 Å². The highest BCUT2D eigenvalue weighted by Gasteiger charge is 2.16. The third-order valence-corrected chi connectivity index (χ3v) is 4.41. The van der Waals surface area contributed by atoms with Crippen molar-refractivity contribution in [1.82, 2.24) is 5.32 Å². The number of rotatable bonds is 9. The number of nitrogens with zero attached hydrogens (tertiary/aromatic N) is 1. The van der Waals surface area contributed by atoms with Gasteiger partial charge in [-0.15, -0.1) is 0 Å². The van der Waals surface area contributed by atoms with Gasteiger partial charge in [0.25, 0.3) is 0 Å². The Morgan fingerprint density at radius 2 is 1.52 bits per heavy atom. The summed E-state index contributed by atoms with van der Waals surface area (Å²) in [5.74, 6) is -0.672. The van der Waals surface area contributed by atoms with E-state index >= 15 is 0 Å². The van der Waals surface area contributed by atoms with Crippen molar-refractivity contribution in [1.29, 1.82) is 0 Å². The first kappa shape index (κ1) is 22.0. The molecule has 3 rings (SSSR count). The molecule has 0 spiro atoms. The second-order valence-electron chi connectivity index (χ2n) is 6.75. The van der Waals surface area contributed by atoms with Gasteiger partial charge in [0.15, 0.2) is 0 Å². The smallest absolute Gasteiger partial charge is 0.326 e. The molecule has 0 aliphatic carbocycles. The maximum absolute atomic E-state index is 13.3. The van der Waals surface area contributed by atoms with Gasteiger partial charge >= 0.3 is 6.03 Å². The molecule has 6 nitrogen and oxygen atoms in total. The molecule has 0 bridgehead atoms. The van der Waals surface area contributed by atoms with Gasteiger partial charge in [0.2, 0.25) is 5.91 Å². The molecule has 3 aromatic rings. The van der Waals surface area contributed by atoms with E-state index in [9.17, 15) is 14.0 Å². The van der Waals surface area contributed by atoms with Crippen LogP contribution in [0.25, 0.3) is 0 Å². The number of carbonyl (C=O) groups excluding carboxylic acids is 2. The summed E-state index contributed by atoms with van der Waals surface area (Å²) < 4.78 is 18.7. The molecule has 160 valence electrons. The zero-order valence-electron chi connectivity index (χ0n) is 17.0. The molecule has 0 aliphatic heterocycles. The highest BCUT2D eigenvalue weighted by atomic mass is 19.1. The topological polar surface area (TPSA) is 70.7 Å². The number of anilines is 2. The quantitative estimate of drug-likeness (QED) is 0.544. The monoisotopic (exact) mass is 421 g/mol. The van der Waals surface area contributed by atoms with E-state index in [0.29, 0.717) is 18.0 Å². The van der Waals surface area contributed by atoms with Crippen molar-refractivity contribution in [3.63, 3.8) is 0 Å². The third kappa shape index (κ3) is 7.24. The van der Waals surface area contributed by atoms with E-state index in [4.69, 9.17) is 4.74 Å². The number of hydrogen-bond donors (Lipinski definition) is 2. The summed E-state index contributed by atoms with van der Waals surface area (Å²) >= 11 is 0. The van der Waals surface area contributed by atoms with E-state index < -0.39 is 5.82 Å². The van der Waals surface area contributed by atoms with E-state index in [1.165, 1.54) is 29.2 Å². The molecule has 7 heteroatoms. The van der Waals surface area contributed by atoms with E-state index in [0.717, 1.165) is 5.56 Å². The van der Waals surface area contributed by atoms with Crippen LogP contribution in [0.4, 0.5) is 20.6 Å². The lowest BCUT2D eigenvalue weighted by molar-refractivity contribution is -0.126. The number of halogens is 1. The van der Waals surface area contributed by atoms with Gasteiger partial charge in [0.1, 0.15) is 12.4 Å². The molecule has 3 amide bonds. The van der Waals surface area contributed by atoms with Crippen LogP contribution in [-0.4, -0.2) is 31.6 Å². The Labute approximate surface area is 180 Å². The van der Waals surface area contributed by atoms with Gasteiger partial charge in [-0.25, -0.2) is 9.18 Å². The van der Waals surface area contributed by atoms with E-state index in [1.54, 1.807) is 12.1 Å². The van der Waals surface area contributed by atoms with Crippen LogP contribution in [0.1, 0.15) is 5.56 Å². The molecule has 0 atom stereocenters. The van der Waals surface area contributed by atoms with Crippen molar-refractivity contribution in [3.05, 3.63) is 96.3 Å². The minimum atomic E-state index is -0.393. The zero-order chi connectivity index (χ0) is 21.9. The van der Waals surface area contributed by atoms with Crippen molar-refractivity contribution in [3.8, 4) is 0 Å². The summed E-state index contributed by atoms with van der Waals surface area (Å²) in [7, 11) is 0. The Morgan fingerprint density at radius 3 is 2.19 bits per heavy atom. The number of ether oxygens (including phenoxy) is 1. The van der Waals surface area contributed by atoms with Crippen LogP contribution in [0.3, 0.4) is 0 Å². The summed E-state index contributed by atoms with van der Waals surface area (Å²) in [5.41, 5.74) is 2.14. The lowest BCUT2D eigenvalue weighted by Gasteiger charge is -2.23.